The van der Waals surface area contributed by atoms with Crippen LogP contribution in [0.1, 0.15) is 6.92 Å². The number of hydrogen-bond donors (Lipinski definition) is 2. The maximum Gasteiger partial charge on any atom is 0.258 e. The average molecular weight is 393 g/mol. The van der Waals surface area contributed by atoms with Crippen molar-refractivity contribution in [3.8, 4) is 17.2 Å². The van der Waals surface area contributed by atoms with Crippen LogP contribution in [0.3, 0.4) is 0 Å². The molecule has 0 aliphatic rings. The van der Waals surface area contributed by atoms with Crippen molar-refractivity contribution < 1.29 is 23.8 Å². The molecule has 1 unspecified atom stereocenters. The summed E-state index contributed by atoms with van der Waals surface area (Å²) in [6.07, 6.45) is 0. The van der Waals surface area contributed by atoms with Crippen molar-refractivity contribution in [2.24, 2.45) is 0 Å². The van der Waals surface area contributed by atoms with Gasteiger partial charge in [0.1, 0.15) is 11.8 Å². The molecule has 0 aliphatic carbocycles. The van der Waals surface area contributed by atoms with E-state index < -0.39 is 17.9 Å². The number of ether oxygens (including phenoxy) is 3. The van der Waals surface area contributed by atoms with Crippen LogP contribution in [0.25, 0.3) is 0 Å². The van der Waals surface area contributed by atoms with Gasteiger partial charge in [0.15, 0.2) is 18.1 Å². The van der Waals surface area contributed by atoms with Crippen molar-refractivity contribution in [1.82, 2.24) is 5.32 Å². The van der Waals surface area contributed by atoms with Crippen molar-refractivity contribution in [2.45, 2.75) is 13.0 Å². The van der Waals surface area contributed by atoms with Crippen molar-refractivity contribution >= 4 is 29.1 Å². The summed E-state index contributed by atoms with van der Waals surface area (Å²) in [4.78, 5) is 24.3. The van der Waals surface area contributed by atoms with Gasteiger partial charge >= 0.3 is 0 Å². The highest BCUT2D eigenvalue weighted by Crippen LogP contribution is 2.36. The molecule has 0 heterocycles. The van der Waals surface area contributed by atoms with Crippen LogP contribution in [0, 0.1) is 0 Å². The minimum Gasteiger partial charge on any atom is -0.493 e. The van der Waals surface area contributed by atoms with Gasteiger partial charge in [0, 0.05) is 12.1 Å². The standard InChI is InChI=1S/C19H21ClN2O5/c1-12(21-18(23)11-27-13-7-5-4-6-8-13)19(24)22-15-10-17(26-3)16(25-2)9-14(15)20/h4-10,12H,11H2,1-3H3,(H,21,23)(H,22,24). The number of hydrogen-bond acceptors (Lipinski definition) is 5. The molecule has 0 aliphatic heterocycles. The molecule has 0 aromatic heterocycles. The second kappa shape index (κ2) is 9.68. The number of para-hydroxylation sites is 1. The van der Waals surface area contributed by atoms with Gasteiger partial charge in [-0.3, -0.25) is 9.59 Å². The van der Waals surface area contributed by atoms with Crippen LogP contribution >= 0.6 is 11.6 Å². The van der Waals surface area contributed by atoms with Crippen molar-refractivity contribution in [2.75, 3.05) is 26.1 Å². The van der Waals surface area contributed by atoms with Crippen LogP contribution < -0.4 is 24.8 Å². The van der Waals surface area contributed by atoms with E-state index in [4.69, 9.17) is 25.8 Å². The van der Waals surface area contributed by atoms with E-state index in [1.54, 1.807) is 37.3 Å². The molecule has 1 atom stereocenters. The fraction of sp³-hybridized carbons (Fsp3) is 0.263. The van der Waals surface area contributed by atoms with Gasteiger partial charge in [0.05, 0.1) is 24.9 Å². The predicted octanol–water partition coefficient (Wildman–Crippen LogP) is 2.88. The molecular weight excluding hydrogens is 372 g/mol. The maximum absolute atomic E-state index is 12.3. The summed E-state index contributed by atoms with van der Waals surface area (Å²) in [6.45, 7) is 1.36. The minimum atomic E-state index is -0.791. The summed E-state index contributed by atoms with van der Waals surface area (Å²) in [7, 11) is 2.97. The smallest absolute Gasteiger partial charge is 0.258 e. The highest BCUT2D eigenvalue weighted by atomic mass is 35.5. The minimum absolute atomic E-state index is 0.196. The van der Waals surface area contributed by atoms with Crippen LogP contribution in [0.4, 0.5) is 5.69 Å². The van der Waals surface area contributed by atoms with Crippen LogP contribution in [-0.4, -0.2) is 38.7 Å². The van der Waals surface area contributed by atoms with E-state index in [0.29, 0.717) is 22.9 Å². The lowest BCUT2D eigenvalue weighted by atomic mass is 10.2. The summed E-state index contributed by atoms with van der Waals surface area (Å²) in [6, 6.07) is 11.2. The highest BCUT2D eigenvalue weighted by molar-refractivity contribution is 6.34. The molecule has 0 fully saturated rings. The lowest BCUT2D eigenvalue weighted by molar-refractivity contribution is -0.127. The molecule has 0 saturated heterocycles. The van der Waals surface area contributed by atoms with Gasteiger partial charge in [-0.25, -0.2) is 0 Å². The monoisotopic (exact) mass is 392 g/mol. The van der Waals surface area contributed by atoms with Crippen molar-refractivity contribution in [1.29, 1.82) is 0 Å². The third-order valence-electron chi connectivity index (χ3n) is 3.62. The number of methoxy groups -OCH3 is 2. The molecule has 7 nitrogen and oxygen atoms in total. The van der Waals surface area contributed by atoms with E-state index in [1.165, 1.54) is 20.3 Å². The Kier molecular flexibility index (Phi) is 7.31. The number of halogens is 1. The number of benzene rings is 2. The quantitative estimate of drug-likeness (QED) is 0.721. The molecule has 0 saturated carbocycles. The lowest BCUT2D eigenvalue weighted by Crippen LogP contribution is -2.43. The number of carbonyl (C=O) groups excluding carboxylic acids is 2. The summed E-state index contributed by atoms with van der Waals surface area (Å²) in [5, 5.41) is 5.50. The van der Waals surface area contributed by atoms with E-state index in [0.717, 1.165) is 0 Å². The first kappa shape index (κ1) is 20.4. The topological polar surface area (TPSA) is 85.9 Å². The first-order chi connectivity index (χ1) is 12.9. The Labute approximate surface area is 162 Å². The van der Waals surface area contributed by atoms with Crippen LogP contribution in [-0.2, 0) is 9.59 Å². The summed E-state index contributed by atoms with van der Waals surface area (Å²) >= 11 is 6.15. The molecule has 2 aromatic rings. The first-order valence-electron chi connectivity index (χ1n) is 8.14. The van der Waals surface area contributed by atoms with Gasteiger partial charge < -0.3 is 24.8 Å². The number of rotatable bonds is 8. The van der Waals surface area contributed by atoms with E-state index in [-0.39, 0.29) is 11.6 Å². The Morgan fingerprint density at radius 2 is 1.70 bits per heavy atom. The molecule has 2 N–H and O–H groups in total. The molecule has 2 aromatic carbocycles. The largest absolute Gasteiger partial charge is 0.493 e. The third-order valence-corrected chi connectivity index (χ3v) is 3.93. The Balaban J connectivity index is 1.92. The van der Waals surface area contributed by atoms with E-state index in [2.05, 4.69) is 10.6 Å². The lowest BCUT2D eigenvalue weighted by Gasteiger charge is -2.16. The zero-order valence-electron chi connectivity index (χ0n) is 15.2. The van der Waals surface area contributed by atoms with Gasteiger partial charge in [-0.1, -0.05) is 29.8 Å². The second-order valence-corrected chi connectivity index (χ2v) is 5.97. The van der Waals surface area contributed by atoms with E-state index >= 15 is 0 Å². The number of anilines is 1. The number of carbonyl (C=O) groups is 2. The first-order valence-corrected chi connectivity index (χ1v) is 8.52. The summed E-state index contributed by atoms with van der Waals surface area (Å²) in [5.41, 5.74) is 0.348. The molecular formula is C19H21ClN2O5. The van der Waals surface area contributed by atoms with Crippen LogP contribution in [0.5, 0.6) is 17.2 Å². The van der Waals surface area contributed by atoms with Gasteiger partial charge in [-0.2, -0.15) is 0 Å². The fourth-order valence-corrected chi connectivity index (χ4v) is 2.41. The number of nitrogens with one attached hydrogen (secondary N) is 2. The van der Waals surface area contributed by atoms with Crippen molar-refractivity contribution in [3.63, 3.8) is 0 Å². The molecule has 0 bridgehead atoms. The van der Waals surface area contributed by atoms with E-state index in [1.807, 2.05) is 6.07 Å². The summed E-state index contributed by atoms with van der Waals surface area (Å²) in [5.74, 6) is 0.587. The van der Waals surface area contributed by atoms with Gasteiger partial charge in [-0.15, -0.1) is 0 Å². The molecule has 27 heavy (non-hydrogen) atoms. The van der Waals surface area contributed by atoms with Gasteiger partial charge in [0.2, 0.25) is 5.91 Å². The Bertz CT molecular complexity index is 798. The Morgan fingerprint density at radius 1 is 1.07 bits per heavy atom. The number of amides is 2. The predicted molar refractivity (Wildman–Crippen MR) is 103 cm³/mol. The van der Waals surface area contributed by atoms with Crippen LogP contribution in [0.2, 0.25) is 5.02 Å². The average Bonchev–Trinajstić information content (AvgIpc) is 2.68. The zero-order chi connectivity index (χ0) is 19.8. The fourth-order valence-electron chi connectivity index (χ4n) is 2.21. The molecule has 0 spiro atoms. The normalized spacial score (nSPS) is 11.3. The Hall–Kier alpha value is -2.93. The summed E-state index contributed by atoms with van der Waals surface area (Å²) < 4.78 is 15.7. The van der Waals surface area contributed by atoms with Crippen molar-refractivity contribution in [3.05, 3.63) is 47.5 Å². The van der Waals surface area contributed by atoms with E-state index in [9.17, 15) is 9.59 Å². The highest BCUT2D eigenvalue weighted by Gasteiger charge is 2.18. The SMILES string of the molecule is COc1cc(Cl)c(NC(=O)C(C)NC(=O)COc2ccccc2)cc1OC. The second-order valence-electron chi connectivity index (χ2n) is 5.57. The molecule has 0 radical (unpaired) electrons. The molecule has 2 rings (SSSR count). The van der Waals surface area contributed by atoms with Crippen LogP contribution in [0.15, 0.2) is 42.5 Å². The Morgan fingerprint density at radius 3 is 2.33 bits per heavy atom. The molecule has 2 amide bonds. The van der Waals surface area contributed by atoms with Gasteiger partial charge in [0.25, 0.3) is 5.91 Å². The molecule has 144 valence electrons. The zero-order valence-corrected chi connectivity index (χ0v) is 16.0. The maximum atomic E-state index is 12.3. The molecule has 8 heteroatoms. The van der Waals surface area contributed by atoms with Gasteiger partial charge in [-0.05, 0) is 19.1 Å². The third kappa shape index (κ3) is 5.79.